The van der Waals surface area contributed by atoms with Crippen LogP contribution in [0.1, 0.15) is 82.1 Å². The summed E-state index contributed by atoms with van der Waals surface area (Å²) >= 11 is 0. The number of nitrogens with one attached hydrogen (secondary N) is 1. The minimum absolute atomic E-state index is 0.229. The highest BCUT2D eigenvalue weighted by atomic mass is 28.4. The molecule has 1 aliphatic heterocycles. The maximum absolute atomic E-state index is 13.9. The van der Waals surface area contributed by atoms with E-state index in [1.807, 2.05) is 36.4 Å². The molecule has 9 heteroatoms. The number of rotatable bonds is 9. The highest BCUT2D eigenvalue weighted by Crippen LogP contribution is 2.40. The summed E-state index contributed by atoms with van der Waals surface area (Å²) in [6.45, 7) is 23.2. The van der Waals surface area contributed by atoms with Crippen LogP contribution in [-0.4, -0.2) is 61.1 Å². The lowest BCUT2D eigenvalue weighted by atomic mass is 9.96. The lowest BCUT2D eigenvalue weighted by Crippen LogP contribution is -2.67. The van der Waals surface area contributed by atoms with Crippen LogP contribution in [0.5, 0.6) is 0 Å². The maximum Gasteiger partial charge on any atom is 0.411 e. The molecular formula is C36H52N2O6Si. The topological polar surface area (TPSA) is 94.2 Å². The fourth-order valence-electron chi connectivity index (χ4n) is 6.16. The molecule has 0 aliphatic carbocycles. The molecular weight excluding hydrogens is 584 g/mol. The Balaban J connectivity index is 2.13. The molecule has 0 aromatic heterocycles. The molecule has 2 aromatic rings. The second-order valence-corrected chi connectivity index (χ2v) is 19.3. The number of carbonyl (C=O) groups excluding carboxylic acids is 3. The Labute approximate surface area is 270 Å². The van der Waals surface area contributed by atoms with Gasteiger partial charge in [-0.2, -0.15) is 0 Å². The van der Waals surface area contributed by atoms with Crippen molar-refractivity contribution < 1.29 is 28.3 Å². The van der Waals surface area contributed by atoms with E-state index in [1.165, 1.54) is 11.8 Å². The van der Waals surface area contributed by atoms with E-state index >= 15 is 0 Å². The summed E-state index contributed by atoms with van der Waals surface area (Å²) in [5.41, 5.74) is -1.10. The normalized spacial score (nSPS) is 19.2. The van der Waals surface area contributed by atoms with Gasteiger partial charge in [0.2, 0.25) is 5.91 Å². The zero-order valence-electron chi connectivity index (χ0n) is 28.7. The van der Waals surface area contributed by atoms with E-state index in [1.54, 1.807) is 41.5 Å². The lowest BCUT2D eigenvalue weighted by Gasteiger charge is -2.44. The quantitative estimate of drug-likeness (QED) is 0.271. The maximum atomic E-state index is 13.9. The van der Waals surface area contributed by atoms with Gasteiger partial charge in [-0.1, -0.05) is 88.0 Å². The number of esters is 1. The Morgan fingerprint density at radius 3 is 1.76 bits per heavy atom. The van der Waals surface area contributed by atoms with Gasteiger partial charge in [0, 0.05) is 37.6 Å². The molecule has 8 nitrogen and oxygen atoms in total. The monoisotopic (exact) mass is 636 g/mol. The molecule has 0 bridgehead atoms. The summed E-state index contributed by atoms with van der Waals surface area (Å²) in [5, 5.41) is 4.77. The number of carbonyl (C=O) groups is 3. The van der Waals surface area contributed by atoms with Crippen LogP contribution in [0, 0.1) is 5.92 Å². The van der Waals surface area contributed by atoms with Crippen molar-refractivity contribution in [1.82, 2.24) is 10.2 Å². The fraction of sp³-hybridized carbons (Fsp3) is 0.528. The average Bonchev–Trinajstić information content (AvgIpc) is 3.25. The number of benzene rings is 2. The fourth-order valence-corrected chi connectivity index (χ4v) is 10.8. The number of ether oxygens (including phenoxy) is 2. The number of nitrogens with zero attached hydrogens (tertiary/aromatic N) is 1. The second kappa shape index (κ2) is 13.9. The van der Waals surface area contributed by atoms with Gasteiger partial charge in [-0.3, -0.25) is 9.69 Å². The highest BCUT2D eigenvalue weighted by molar-refractivity contribution is 6.99. The standard InChI is InChI=1S/C36H52N2O6Si/c1-25(37-26(2)39)22-30-27(23-31(32(40)43-34(3,4)5)38(30)33(41)44-35(6,7)8)24-42-45(36(9,10)11,28-18-14-12-15-19-28)29-20-16-13-17-21-29/h12-21,27,30-31H,1,22-24H2,2-11H3,(H,37,39)/t27-,30+,31+/m0/s1. The van der Waals surface area contributed by atoms with Crippen molar-refractivity contribution in [2.75, 3.05) is 6.61 Å². The Hall–Kier alpha value is -3.43. The summed E-state index contributed by atoms with van der Waals surface area (Å²) in [4.78, 5) is 41.0. The third-order valence-electron chi connectivity index (χ3n) is 7.79. The van der Waals surface area contributed by atoms with Crippen LogP contribution in [0.2, 0.25) is 5.04 Å². The van der Waals surface area contributed by atoms with Gasteiger partial charge in [0.15, 0.2) is 0 Å². The predicted molar refractivity (Wildman–Crippen MR) is 181 cm³/mol. The van der Waals surface area contributed by atoms with E-state index in [2.05, 4.69) is 56.9 Å². The first-order valence-electron chi connectivity index (χ1n) is 15.7. The Morgan fingerprint density at radius 1 is 0.844 bits per heavy atom. The third kappa shape index (κ3) is 9.07. The van der Waals surface area contributed by atoms with Crippen LogP contribution in [0.15, 0.2) is 72.9 Å². The van der Waals surface area contributed by atoms with E-state index < -0.39 is 43.7 Å². The zero-order valence-corrected chi connectivity index (χ0v) is 29.7. The molecule has 1 heterocycles. The van der Waals surface area contributed by atoms with E-state index in [0.717, 1.165) is 10.4 Å². The lowest BCUT2D eigenvalue weighted by molar-refractivity contribution is -0.160. The summed E-state index contributed by atoms with van der Waals surface area (Å²) in [7, 11) is -2.93. The molecule has 0 spiro atoms. The molecule has 1 N–H and O–H groups in total. The highest BCUT2D eigenvalue weighted by Gasteiger charge is 2.54. The average molecular weight is 637 g/mol. The van der Waals surface area contributed by atoms with Crippen molar-refractivity contribution in [1.29, 1.82) is 0 Å². The van der Waals surface area contributed by atoms with Crippen molar-refractivity contribution in [2.24, 2.45) is 5.92 Å². The molecule has 3 atom stereocenters. The Morgan fingerprint density at radius 2 is 1.33 bits per heavy atom. The van der Waals surface area contributed by atoms with E-state index in [-0.39, 0.29) is 29.9 Å². The van der Waals surface area contributed by atoms with Gasteiger partial charge in [0.1, 0.15) is 17.2 Å². The Kier molecular flexibility index (Phi) is 11.1. The molecule has 2 amide bonds. The third-order valence-corrected chi connectivity index (χ3v) is 12.8. The summed E-state index contributed by atoms with van der Waals surface area (Å²) in [6, 6.07) is 19.2. The van der Waals surface area contributed by atoms with E-state index in [4.69, 9.17) is 13.9 Å². The molecule has 45 heavy (non-hydrogen) atoms. The van der Waals surface area contributed by atoms with Gasteiger partial charge in [-0.15, -0.1) is 0 Å². The molecule has 246 valence electrons. The summed E-state index contributed by atoms with van der Waals surface area (Å²) in [5.74, 6) is -1.05. The molecule has 0 saturated carbocycles. The van der Waals surface area contributed by atoms with Crippen molar-refractivity contribution in [2.45, 2.75) is 110 Å². The number of likely N-dealkylation sites (tertiary alicyclic amines) is 1. The Bertz CT molecular complexity index is 1300. The molecule has 3 rings (SSSR count). The molecule has 1 saturated heterocycles. The molecule has 0 unspecified atom stereocenters. The first kappa shape index (κ1) is 36.0. The zero-order chi connectivity index (χ0) is 33.8. The van der Waals surface area contributed by atoms with E-state index in [9.17, 15) is 14.4 Å². The largest absolute Gasteiger partial charge is 0.458 e. The van der Waals surface area contributed by atoms with Gasteiger partial charge < -0.3 is 19.2 Å². The van der Waals surface area contributed by atoms with Crippen LogP contribution >= 0.6 is 0 Å². The van der Waals surface area contributed by atoms with Crippen LogP contribution in [-0.2, 0) is 23.5 Å². The second-order valence-electron chi connectivity index (χ2n) is 15.0. The van der Waals surface area contributed by atoms with Crippen LogP contribution in [0.4, 0.5) is 4.79 Å². The minimum Gasteiger partial charge on any atom is -0.458 e. The van der Waals surface area contributed by atoms with Gasteiger partial charge in [0.05, 0.1) is 0 Å². The molecule has 1 aliphatic rings. The number of hydrogen-bond donors (Lipinski definition) is 1. The van der Waals surface area contributed by atoms with Crippen molar-refractivity contribution >= 4 is 36.7 Å². The smallest absolute Gasteiger partial charge is 0.411 e. The molecule has 2 aromatic carbocycles. The van der Waals surface area contributed by atoms with Crippen LogP contribution in [0.25, 0.3) is 0 Å². The first-order valence-corrected chi connectivity index (χ1v) is 17.6. The van der Waals surface area contributed by atoms with Gasteiger partial charge in [-0.25, -0.2) is 9.59 Å². The van der Waals surface area contributed by atoms with Gasteiger partial charge in [-0.05, 0) is 63.4 Å². The molecule has 0 radical (unpaired) electrons. The van der Waals surface area contributed by atoms with Gasteiger partial charge >= 0.3 is 12.1 Å². The van der Waals surface area contributed by atoms with Crippen molar-refractivity contribution in [3.63, 3.8) is 0 Å². The van der Waals surface area contributed by atoms with Crippen molar-refractivity contribution in [3.8, 4) is 0 Å². The van der Waals surface area contributed by atoms with E-state index in [0.29, 0.717) is 12.1 Å². The SMILES string of the molecule is C=C(C[C@@H]1[C@H](CO[Si](c2ccccc2)(c2ccccc2)C(C)(C)C)C[C@H](C(=O)OC(C)(C)C)N1C(=O)OC(C)(C)C)NC(C)=O. The summed E-state index contributed by atoms with van der Waals surface area (Å²) < 4.78 is 19.0. The van der Waals surface area contributed by atoms with Crippen LogP contribution in [0.3, 0.4) is 0 Å². The first-order chi connectivity index (χ1) is 20.7. The predicted octanol–water partition coefficient (Wildman–Crippen LogP) is 5.94. The van der Waals surface area contributed by atoms with Crippen molar-refractivity contribution in [3.05, 3.63) is 72.9 Å². The van der Waals surface area contributed by atoms with Gasteiger partial charge in [0.25, 0.3) is 8.32 Å². The minimum atomic E-state index is -2.93. The number of amides is 2. The van der Waals surface area contributed by atoms with Crippen LogP contribution < -0.4 is 15.7 Å². The summed E-state index contributed by atoms with van der Waals surface area (Å²) in [6.07, 6.45) is -0.0796. The number of hydrogen-bond acceptors (Lipinski definition) is 6. The molecule has 1 fully saturated rings.